The SMILES string of the molecule is COc1cc(-c2ccc3c(c2NC(=O)N=S(N)(=O)c2cnn4c2OC(C)(C)C4)CCC3)ccn1. The highest BCUT2D eigenvalue weighted by Crippen LogP contribution is 2.39. The fourth-order valence-corrected chi connectivity index (χ4v) is 5.45. The lowest BCUT2D eigenvalue weighted by atomic mass is 9.98. The molecular weight excluding hydrogens is 456 g/mol. The summed E-state index contributed by atoms with van der Waals surface area (Å²) < 4.78 is 29.8. The highest BCUT2D eigenvalue weighted by molar-refractivity contribution is 7.91. The van der Waals surface area contributed by atoms with E-state index in [-0.39, 0.29) is 10.8 Å². The van der Waals surface area contributed by atoms with Gasteiger partial charge >= 0.3 is 6.03 Å². The molecule has 3 heterocycles. The molecule has 0 bridgehead atoms. The number of aryl methyl sites for hydroxylation is 1. The van der Waals surface area contributed by atoms with Crippen LogP contribution in [0.15, 0.2) is 45.9 Å². The predicted molar refractivity (Wildman–Crippen MR) is 127 cm³/mol. The number of aromatic nitrogens is 3. The van der Waals surface area contributed by atoms with Crippen molar-refractivity contribution in [2.24, 2.45) is 9.50 Å². The first kappa shape index (κ1) is 22.4. The van der Waals surface area contributed by atoms with Crippen molar-refractivity contribution in [3.63, 3.8) is 0 Å². The van der Waals surface area contributed by atoms with Crippen LogP contribution >= 0.6 is 0 Å². The number of methoxy groups -OCH3 is 1. The van der Waals surface area contributed by atoms with Crippen LogP contribution in [-0.4, -0.2) is 37.7 Å². The Morgan fingerprint density at radius 2 is 2.15 bits per heavy atom. The molecule has 0 saturated heterocycles. The van der Waals surface area contributed by atoms with E-state index in [0.29, 0.717) is 18.1 Å². The van der Waals surface area contributed by atoms with Gasteiger partial charge in [0.15, 0.2) is 9.92 Å². The third-order valence-electron chi connectivity index (χ3n) is 5.97. The van der Waals surface area contributed by atoms with Crippen LogP contribution in [-0.2, 0) is 29.3 Å². The van der Waals surface area contributed by atoms with Gasteiger partial charge in [0, 0.05) is 17.8 Å². The van der Waals surface area contributed by atoms with Crippen LogP contribution in [0.5, 0.6) is 11.8 Å². The topological polar surface area (TPSA) is 134 Å². The number of anilines is 1. The van der Waals surface area contributed by atoms with Gasteiger partial charge in [-0.3, -0.25) is 0 Å². The number of rotatable bonds is 4. The molecule has 0 radical (unpaired) electrons. The highest BCUT2D eigenvalue weighted by atomic mass is 32.2. The number of nitrogens with two attached hydrogens (primary N) is 1. The number of urea groups is 1. The molecule has 0 fully saturated rings. The Morgan fingerprint density at radius 1 is 1.32 bits per heavy atom. The molecule has 11 heteroatoms. The molecule has 1 unspecified atom stereocenters. The lowest BCUT2D eigenvalue weighted by Gasteiger charge is -2.16. The van der Waals surface area contributed by atoms with Crippen molar-refractivity contribution in [1.29, 1.82) is 0 Å². The van der Waals surface area contributed by atoms with Crippen molar-refractivity contribution in [3.05, 3.63) is 47.8 Å². The number of hydrogen-bond donors (Lipinski definition) is 2. The zero-order valence-corrected chi connectivity index (χ0v) is 20.0. The second-order valence-electron chi connectivity index (χ2n) is 8.99. The third kappa shape index (κ3) is 4.01. The zero-order chi connectivity index (χ0) is 24.1. The maximum Gasteiger partial charge on any atom is 0.354 e. The van der Waals surface area contributed by atoms with Crippen molar-refractivity contribution in [2.45, 2.75) is 50.2 Å². The molecule has 178 valence electrons. The van der Waals surface area contributed by atoms with Crippen molar-refractivity contribution in [3.8, 4) is 22.9 Å². The van der Waals surface area contributed by atoms with Crippen molar-refractivity contribution < 1.29 is 18.5 Å². The van der Waals surface area contributed by atoms with E-state index in [1.165, 1.54) is 11.8 Å². The van der Waals surface area contributed by atoms with Crippen LogP contribution in [0.2, 0.25) is 0 Å². The second-order valence-corrected chi connectivity index (χ2v) is 10.7. The molecule has 1 aromatic carbocycles. The van der Waals surface area contributed by atoms with E-state index in [1.807, 2.05) is 26.0 Å². The largest absolute Gasteiger partial charge is 0.481 e. The Kier molecular flexibility index (Phi) is 5.33. The first-order chi connectivity index (χ1) is 16.2. The smallest absolute Gasteiger partial charge is 0.354 e. The summed E-state index contributed by atoms with van der Waals surface area (Å²) >= 11 is 0. The lowest BCUT2D eigenvalue weighted by Crippen LogP contribution is -2.27. The first-order valence-electron chi connectivity index (χ1n) is 10.9. The Labute approximate surface area is 197 Å². The molecular formula is C23H26N6O4S. The molecule has 0 saturated carbocycles. The van der Waals surface area contributed by atoms with E-state index in [0.717, 1.165) is 36.0 Å². The molecule has 0 spiro atoms. The van der Waals surface area contributed by atoms with E-state index in [9.17, 15) is 9.00 Å². The Bertz CT molecular complexity index is 1420. The van der Waals surface area contributed by atoms with Crippen LogP contribution in [0.4, 0.5) is 10.5 Å². The summed E-state index contributed by atoms with van der Waals surface area (Å²) in [6.07, 6.45) is 5.73. The molecule has 1 aliphatic heterocycles. The number of ether oxygens (including phenoxy) is 2. The number of fused-ring (bicyclic) bond motifs is 2. The van der Waals surface area contributed by atoms with Gasteiger partial charge in [0.25, 0.3) is 0 Å². The van der Waals surface area contributed by atoms with E-state index in [2.05, 4.69) is 25.8 Å². The minimum Gasteiger partial charge on any atom is -0.481 e. The molecule has 2 aliphatic rings. The Morgan fingerprint density at radius 3 is 2.94 bits per heavy atom. The monoisotopic (exact) mass is 482 g/mol. The molecule has 2 aromatic heterocycles. The molecule has 1 aliphatic carbocycles. The summed E-state index contributed by atoms with van der Waals surface area (Å²) in [6.45, 7) is 4.26. The van der Waals surface area contributed by atoms with Gasteiger partial charge in [-0.05, 0) is 55.9 Å². The number of nitrogens with zero attached hydrogens (tertiary/aromatic N) is 4. The Hall–Kier alpha value is -3.44. The van der Waals surface area contributed by atoms with Crippen LogP contribution in [0.25, 0.3) is 11.1 Å². The second kappa shape index (κ2) is 8.10. The van der Waals surface area contributed by atoms with Gasteiger partial charge in [0.05, 0.1) is 25.5 Å². The molecule has 1 atom stereocenters. The Balaban J connectivity index is 1.52. The van der Waals surface area contributed by atoms with Crippen molar-refractivity contribution in [2.75, 3.05) is 12.4 Å². The number of hydrogen-bond acceptors (Lipinski definition) is 6. The van der Waals surface area contributed by atoms with E-state index >= 15 is 0 Å². The average molecular weight is 483 g/mol. The van der Waals surface area contributed by atoms with Gasteiger partial charge in [0.1, 0.15) is 10.5 Å². The van der Waals surface area contributed by atoms with Gasteiger partial charge in [-0.15, -0.1) is 4.36 Å². The lowest BCUT2D eigenvalue weighted by molar-refractivity contribution is 0.132. The summed E-state index contributed by atoms with van der Waals surface area (Å²) in [7, 11) is -2.04. The number of carbonyl (C=O) groups is 1. The summed E-state index contributed by atoms with van der Waals surface area (Å²) in [5.41, 5.74) is 3.95. The molecule has 34 heavy (non-hydrogen) atoms. The van der Waals surface area contributed by atoms with E-state index in [1.54, 1.807) is 24.1 Å². The molecule has 3 aromatic rings. The predicted octanol–water partition coefficient (Wildman–Crippen LogP) is 3.55. The highest BCUT2D eigenvalue weighted by Gasteiger charge is 2.35. The number of benzene rings is 1. The molecule has 3 N–H and O–H groups in total. The zero-order valence-electron chi connectivity index (χ0n) is 19.2. The maximum atomic E-state index is 13.3. The minimum atomic E-state index is -3.59. The van der Waals surface area contributed by atoms with Gasteiger partial charge < -0.3 is 14.8 Å². The van der Waals surface area contributed by atoms with Crippen LogP contribution in [0.1, 0.15) is 31.4 Å². The number of carbonyl (C=O) groups excluding carboxylic acids is 1. The van der Waals surface area contributed by atoms with Crippen molar-refractivity contribution >= 4 is 21.6 Å². The minimum absolute atomic E-state index is 0.102. The van der Waals surface area contributed by atoms with E-state index in [4.69, 9.17) is 14.6 Å². The summed E-state index contributed by atoms with van der Waals surface area (Å²) in [5, 5.41) is 13.1. The normalized spacial score (nSPS) is 17.3. The van der Waals surface area contributed by atoms with Gasteiger partial charge in [-0.25, -0.2) is 23.8 Å². The van der Waals surface area contributed by atoms with Gasteiger partial charge in [-0.2, -0.15) is 5.10 Å². The quantitative estimate of drug-likeness (QED) is 0.584. The van der Waals surface area contributed by atoms with Crippen LogP contribution in [0, 0.1) is 0 Å². The van der Waals surface area contributed by atoms with Gasteiger partial charge in [-0.1, -0.05) is 12.1 Å². The fraction of sp³-hybridized carbons (Fsp3) is 0.348. The molecule has 5 rings (SSSR count). The van der Waals surface area contributed by atoms with Crippen molar-refractivity contribution in [1.82, 2.24) is 14.8 Å². The van der Waals surface area contributed by atoms with Crippen LogP contribution in [0.3, 0.4) is 0 Å². The number of pyridine rings is 1. The third-order valence-corrected chi connectivity index (χ3v) is 7.31. The summed E-state index contributed by atoms with van der Waals surface area (Å²) in [6, 6.07) is 6.86. The van der Waals surface area contributed by atoms with Crippen LogP contribution < -0.4 is 19.9 Å². The first-order valence-corrected chi connectivity index (χ1v) is 12.5. The molecule has 10 nitrogen and oxygen atoms in total. The standard InChI is InChI=1S/C23H26N6O4S/c1-23(2)13-29-21(33-23)18(12-26-29)34(24,31)28-22(30)27-20-16-6-4-5-14(16)7-8-17(20)15-9-10-25-19(11-15)32-3/h7-12H,4-6,13H2,1-3H3,(H3,24,27,28,30,31). The average Bonchev–Trinajstić information content (AvgIpc) is 3.47. The number of amides is 2. The molecule has 2 amide bonds. The van der Waals surface area contributed by atoms with Gasteiger partial charge in [0.2, 0.25) is 11.8 Å². The fourth-order valence-electron chi connectivity index (χ4n) is 4.47. The number of nitrogens with one attached hydrogen (secondary N) is 1. The summed E-state index contributed by atoms with van der Waals surface area (Å²) in [5.74, 6) is 0.738. The van der Waals surface area contributed by atoms with E-state index < -0.39 is 21.5 Å². The maximum absolute atomic E-state index is 13.3. The summed E-state index contributed by atoms with van der Waals surface area (Å²) in [4.78, 5) is 17.3.